The summed E-state index contributed by atoms with van der Waals surface area (Å²) in [4.78, 5) is 19.7. The maximum atomic E-state index is 11.9. The average Bonchev–Trinajstić information content (AvgIpc) is 3.10. The molecule has 0 aromatic carbocycles. The van der Waals surface area contributed by atoms with Gasteiger partial charge in [-0.25, -0.2) is 4.98 Å². The van der Waals surface area contributed by atoms with E-state index in [9.17, 15) is 4.79 Å². The Morgan fingerprint density at radius 3 is 2.88 bits per heavy atom. The molecule has 0 radical (unpaired) electrons. The van der Waals surface area contributed by atoms with Crippen LogP contribution in [-0.2, 0) is 16.0 Å². The lowest BCUT2D eigenvalue weighted by Crippen LogP contribution is -2.39. The first-order chi connectivity index (χ1) is 11.8. The summed E-state index contributed by atoms with van der Waals surface area (Å²) >= 11 is 1.59. The van der Waals surface area contributed by atoms with Gasteiger partial charge in [0.1, 0.15) is 5.82 Å². The van der Waals surface area contributed by atoms with E-state index in [2.05, 4.69) is 20.5 Å². The number of morpholine rings is 1. The van der Waals surface area contributed by atoms with E-state index in [1.54, 1.807) is 17.5 Å². The van der Waals surface area contributed by atoms with Crippen LogP contribution >= 0.6 is 11.3 Å². The van der Waals surface area contributed by atoms with Gasteiger partial charge in [-0.1, -0.05) is 6.07 Å². The molecule has 1 amide bonds. The van der Waals surface area contributed by atoms with Crippen molar-refractivity contribution >= 4 is 28.7 Å². The molecule has 6 nitrogen and oxygen atoms in total. The van der Waals surface area contributed by atoms with Gasteiger partial charge in [-0.2, -0.15) is 0 Å². The van der Waals surface area contributed by atoms with Crippen LogP contribution in [0.25, 0.3) is 0 Å². The SMILES string of the molecule is O=C(Cc1cccs1)Nc1ccc(NCCN2CCOCC2)nc1. The van der Waals surface area contributed by atoms with E-state index in [0.29, 0.717) is 6.42 Å². The molecular formula is C17H22N4O2S. The number of rotatable bonds is 7. The van der Waals surface area contributed by atoms with Gasteiger partial charge in [0.15, 0.2) is 0 Å². The number of anilines is 2. The van der Waals surface area contributed by atoms with E-state index in [-0.39, 0.29) is 5.91 Å². The van der Waals surface area contributed by atoms with Crippen molar-refractivity contribution < 1.29 is 9.53 Å². The normalized spacial score (nSPS) is 15.2. The van der Waals surface area contributed by atoms with E-state index >= 15 is 0 Å². The molecule has 1 saturated heterocycles. The minimum Gasteiger partial charge on any atom is -0.379 e. The van der Waals surface area contributed by atoms with E-state index in [4.69, 9.17) is 4.74 Å². The molecule has 2 aromatic heterocycles. The van der Waals surface area contributed by atoms with Crippen LogP contribution in [0.2, 0.25) is 0 Å². The third kappa shape index (κ3) is 5.30. The van der Waals surface area contributed by atoms with Crippen LogP contribution in [0.3, 0.4) is 0 Å². The number of nitrogens with one attached hydrogen (secondary N) is 2. The number of nitrogens with zero attached hydrogens (tertiary/aromatic N) is 2. The standard InChI is InChI=1S/C17H22N4O2S/c22-17(12-15-2-1-11-24-15)20-14-3-4-16(19-13-14)18-5-6-21-7-9-23-10-8-21/h1-4,11,13H,5-10,12H2,(H,18,19)(H,20,22). The van der Waals surface area contributed by atoms with Gasteiger partial charge < -0.3 is 15.4 Å². The number of hydrogen-bond donors (Lipinski definition) is 2. The number of thiophene rings is 1. The third-order valence-electron chi connectivity index (χ3n) is 3.80. The van der Waals surface area contributed by atoms with E-state index in [0.717, 1.165) is 55.8 Å². The highest BCUT2D eigenvalue weighted by Gasteiger charge is 2.09. The van der Waals surface area contributed by atoms with E-state index in [1.165, 1.54) is 0 Å². The van der Waals surface area contributed by atoms with Crippen LogP contribution in [0, 0.1) is 0 Å². The summed E-state index contributed by atoms with van der Waals surface area (Å²) in [6.45, 7) is 5.44. The van der Waals surface area contributed by atoms with Crippen molar-refractivity contribution in [2.45, 2.75) is 6.42 Å². The zero-order chi connectivity index (χ0) is 16.6. The Kier molecular flexibility index (Phi) is 6.17. The molecule has 7 heteroatoms. The predicted molar refractivity (Wildman–Crippen MR) is 96.6 cm³/mol. The highest BCUT2D eigenvalue weighted by Crippen LogP contribution is 2.13. The van der Waals surface area contributed by atoms with Crippen LogP contribution in [0.15, 0.2) is 35.8 Å². The molecule has 1 aliphatic heterocycles. The largest absolute Gasteiger partial charge is 0.379 e. The summed E-state index contributed by atoms with van der Waals surface area (Å²) < 4.78 is 5.33. The Balaban J connectivity index is 1.40. The Labute approximate surface area is 145 Å². The third-order valence-corrected chi connectivity index (χ3v) is 4.68. The summed E-state index contributed by atoms with van der Waals surface area (Å²) in [5, 5.41) is 8.15. The fourth-order valence-corrected chi connectivity index (χ4v) is 3.22. The number of ether oxygens (including phenoxy) is 1. The molecule has 3 heterocycles. The van der Waals surface area contributed by atoms with E-state index in [1.807, 2.05) is 29.6 Å². The molecule has 128 valence electrons. The quantitative estimate of drug-likeness (QED) is 0.803. The Morgan fingerprint density at radius 2 is 2.17 bits per heavy atom. The molecule has 2 N–H and O–H groups in total. The number of pyridine rings is 1. The lowest BCUT2D eigenvalue weighted by Gasteiger charge is -2.26. The minimum atomic E-state index is -0.0210. The summed E-state index contributed by atoms with van der Waals surface area (Å²) in [7, 11) is 0. The molecule has 2 aromatic rings. The number of aromatic nitrogens is 1. The highest BCUT2D eigenvalue weighted by molar-refractivity contribution is 7.10. The first-order valence-electron chi connectivity index (χ1n) is 8.12. The number of hydrogen-bond acceptors (Lipinski definition) is 6. The molecule has 0 atom stereocenters. The first kappa shape index (κ1) is 16.9. The zero-order valence-corrected chi connectivity index (χ0v) is 14.3. The van der Waals surface area contributed by atoms with Crippen molar-refractivity contribution in [2.75, 3.05) is 50.0 Å². The Bertz CT molecular complexity index is 625. The molecule has 1 fully saturated rings. The summed E-state index contributed by atoms with van der Waals surface area (Å²) in [5.41, 5.74) is 0.718. The first-order valence-corrected chi connectivity index (χ1v) is 9.00. The van der Waals surface area contributed by atoms with Crippen molar-refractivity contribution in [3.8, 4) is 0 Å². The number of amides is 1. The van der Waals surface area contributed by atoms with Crippen molar-refractivity contribution in [3.05, 3.63) is 40.7 Å². The Morgan fingerprint density at radius 1 is 1.29 bits per heavy atom. The van der Waals surface area contributed by atoms with Gasteiger partial charge in [0, 0.05) is 31.1 Å². The number of carbonyl (C=O) groups excluding carboxylic acids is 1. The summed E-state index contributed by atoms with van der Waals surface area (Å²) in [6, 6.07) is 7.67. The van der Waals surface area contributed by atoms with Crippen LogP contribution in [-0.4, -0.2) is 55.2 Å². The van der Waals surface area contributed by atoms with Gasteiger partial charge in [-0.15, -0.1) is 11.3 Å². The second kappa shape index (κ2) is 8.77. The van der Waals surface area contributed by atoms with Crippen LogP contribution in [0.5, 0.6) is 0 Å². The lowest BCUT2D eigenvalue weighted by molar-refractivity contribution is -0.115. The molecule has 0 aliphatic carbocycles. The van der Waals surface area contributed by atoms with Gasteiger partial charge in [-0.3, -0.25) is 9.69 Å². The average molecular weight is 346 g/mol. The van der Waals surface area contributed by atoms with Crippen LogP contribution in [0.4, 0.5) is 11.5 Å². The second-order valence-electron chi connectivity index (χ2n) is 5.62. The van der Waals surface area contributed by atoms with Gasteiger partial charge in [0.25, 0.3) is 0 Å². The van der Waals surface area contributed by atoms with E-state index < -0.39 is 0 Å². The topological polar surface area (TPSA) is 66.5 Å². The van der Waals surface area contributed by atoms with Crippen molar-refractivity contribution in [1.82, 2.24) is 9.88 Å². The smallest absolute Gasteiger partial charge is 0.229 e. The molecule has 1 aliphatic rings. The fourth-order valence-electron chi connectivity index (χ4n) is 2.52. The van der Waals surface area contributed by atoms with Crippen molar-refractivity contribution in [2.24, 2.45) is 0 Å². The maximum Gasteiger partial charge on any atom is 0.229 e. The van der Waals surface area contributed by atoms with Gasteiger partial charge >= 0.3 is 0 Å². The zero-order valence-electron chi connectivity index (χ0n) is 13.5. The molecule has 0 spiro atoms. The van der Waals surface area contributed by atoms with Crippen LogP contribution < -0.4 is 10.6 Å². The number of carbonyl (C=O) groups is 1. The van der Waals surface area contributed by atoms with Crippen LogP contribution in [0.1, 0.15) is 4.88 Å². The van der Waals surface area contributed by atoms with Gasteiger partial charge in [0.2, 0.25) is 5.91 Å². The molecule has 0 unspecified atom stereocenters. The molecule has 0 saturated carbocycles. The molecule has 0 bridgehead atoms. The molecule has 3 rings (SSSR count). The monoisotopic (exact) mass is 346 g/mol. The molecule has 24 heavy (non-hydrogen) atoms. The summed E-state index contributed by atoms with van der Waals surface area (Å²) in [6.07, 6.45) is 2.08. The minimum absolute atomic E-state index is 0.0210. The highest BCUT2D eigenvalue weighted by atomic mass is 32.1. The summed E-state index contributed by atoms with van der Waals surface area (Å²) in [5.74, 6) is 0.798. The lowest BCUT2D eigenvalue weighted by atomic mass is 10.3. The molecular weight excluding hydrogens is 324 g/mol. The van der Waals surface area contributed by atoms with Gasteiger partial charge in [0.05, 0.1) is 31.5 Å². The predicted octanol–water partition coefficient (Wildman–Crippen LogP) is 2.07. The Hall–Kier alpha value is -1.96. The van der Waals surface area contributed by atoms with Crippen molar-refractivity contribution in [1.29, 1.82) is 0 Å². The van der Waals surface area contributed by atoms with Gasteiger partial charge in [-0.05, 0) is 23.6 Å². The maximum absolute atomic E-state index is 11.9. The van der Waals surface area contributed by atoms with Crippen molar-refractivity contribution in [3.63, 3.8) is 0 Å². The second-order valence-corrected chi connectivity index (χ2v) is 6.65. The fraction of sp³-hybridized carbons (Fsp3) is 0.412.